The first-order valence-electron chi connectivity index (χ1n) is 8.00. The van der Waals surface area contributed by atoms with Crippen molar-refractivity contribution in [1.82, 2.24) is 0 Å². The maximum Gasteiger partial charge on any atom is 0.335 e. The number of fused-ring (bicyclic) bond motifs is 1. The van der Waals surface area contributed by atoms with Crippen LogP contribution >= 0.6 is 0 Å². The van der Waals surface area contributed by atoms with Gasteiger partial charge in [0.05, 0.1) is 5.56 Å². The second-order valence-electron chi connectivity index (χ2n) is 5.67. The summed E-state index contributed by atoms with van der Waals surface area (Å²) in [5, 5.41) is 21.4. The average molecular weight is 447 g/mol. The van der Waals surface area contributed by atoms with Crippen LogP contribution in [0.2, 0.25) is 0 Å². The molecule has 0 heterocycles. The number of benzene rings is 3. The third-order valence-electron chi connectivity index (χ3n) is 3.63. The van der Waals surface area contributed by atoms with Gasteiger partial charge in [-0.15, -0.1) is 0 Å². The van der Waals surface area contributed by atoms with E-state index in [2.05, 4.69) is 9.19 Å². The summed E-state index contributed by atoms with van der Waals surface area (Å²) in [7, 11) is 0. The molecule has 0 aliphatic carbocycles. The van der Waals surface area contributed by atoms with Crippen LogP contribution < -0.4 is 9.67 Å². The van der Waals surface area contributed by atoms with Gasteiger partial charge in [-0.3, -0.25) is 0 Å². The van der Waals surface area contributed by atoms with E-state index < -0.39 is 20.1 Å². The number of carbonyl (C=O) groups is 2. The minimum absolute atomic E-state index is 0.103. The van der Waals surface area contributed by atoms with Gasteiger partial charge in [-0.1, -0.05) is 30.3 Å². The topological polar surface area (TPSA) is 133 Å². The van der Waals surface area contributed by atoms with Gasteiger partial charge in [0.2, 0.25) is 0 Å². The summed E-state index contributed by atoms with van der Waals surface area (Å²) in [6.07, 6.45) is 0. The molecule has 0 fully saturated rings. The third kappa shape index (κ3) is 5.55. The fourth-order valence-electron chi connectivity index (χ4n) is 2.38. The van der Waals surface area contributed by atoms with Crippen LogP contribution in [0.1, 0.15) is 17.3 Å². The molecular formula is C19H18AsNO7. The number of hydrogen-bond acceptors (Lipinski definition) is 5. The smallest absolute Gasteiger partial charge is 0.335 e. The van der Waals surface area contributed by atoms with E-state index in [1.807, 2.05) is 30.3 Å². The number of aromatic carboxylic acids is 1. The van der Waals surface area contributed by atoms with Crippen LogP contribution in [0, 0.1) is 0 Å². The first-order chi connectivity index (χ1) is 13.2. The molecule has 0 aliphatic heterocycles. The number of carboxylic acids is 1. The van der Waals surface area contributed by atoms with E-state index in [9.17, 15) is 17.4 Å². The number of hydrogen-bond donors (Lipinski definition) is 4. The standard InChI is InChI=1S/C11H8O2.C8H10AsNO5/c12-11(13)10-6-5-8-3-1-2-4-9(8)7-10;1-6(11)10-8-5-3-2-4-7(8)9(12,13)15-14/h1-7H,(H,12,13);2-5,14H,1H3,(H,10,11)(H,12,13). The van der Waals surface area contributed by atoms with Crippen molar-refractivity contribution in [3.05, 3.63) is 72.3 Å². The first-order valence-corrected chi connectivity index (χ1v) is 11.3. The quantitative estimate of drug-likeness (QED) is 0.274. The monoisotopic (exact) mass is 447 g/mol. The first kappa shape index (κ1) is 21.4. The normalized spacial score (nSPS) is 12.4. The summed E-state index contributed by atoms with van der Waals surface area (Å²) in [6.45, 7) is 1.27. The van der Waals surface area contributed by atoms with Gasteiger partial charge in [0.25, 0.3) is 0 Å². The van der Waals surface area contributed by atoms with E-state index in [0.29, 0.717) is 5.56 Å². The second kappa shape index (κ2) is 9.34. The zero-order valence-electron chi connectivity index (χ0n) is 14.8. The minimum atomic E-state index is -4.92. The fourth-order valence-corrected chi connectivity index (χ4v) is 4.05. The van der Waals surface area contributed by atoms with E-state index in [4.69, 9.17) is 10.4 Å². The van der Waals surface area contributed by atoms with Crippen molar-refractivity contribution in [3.8, 4) is 0 Å². The Bertz CT molecular complexity index is 1050. The predicted molar refractivity (Wildman–Crippen MR) is 104 cm³/mol. The molecule has 0 bridgehead atoms. The zero-order valence-corrected chi connectivity index (χ0v) is 16.6. The van der Waals surface area contributed by atoms with Crippen LogP contribution in [0.5, 0.6) is 0 Å². The summed E-state index contributed by atoms with van der Waals surface area (Å²) in [6, 6.07) is 18.6. The van der Waals surface area contributed by atoms with Crippen LogP contribution in [0.4, 0.5) is 5.69 Å². The molecule has 3 rings (SSSR count). The van der Waals surface area contributed by atoms with Crippen LogP contribution in [0.3, 0.4) is 0 Å². The molecule has 0 saturated heterocycles. The number of carboxylic acid groups (broad SMARTS) is 1. The molecule has 146 valence electrons. The van der Waals surface area contributed by atoms with E-state index >= 15 is 0 Å². The van der Waals surface area contributed by atoms with E-state index in [1.54, 1.807) is 18.2 Å². The van der Waals surface area contributed by atoms with Crippen molar-refractivity contribution in [2.45, 2.75) is 6.92 Å². The Morgan fingerprint density at radius 3 is 2.18 bits per heavy atom. The molecule has 28 heavy (non-hydrogen) atoms. The number of para-hydroxylation sites is 1. The molecule has 0 aromatic heterocycles. The maximum absolute atomic E-state index is 11.4. The summed E-state index contributed by atoms with van der Waals surface area (Å²) < 4.78 is 24.1. The summed E-state index contributed by atoms with van der Waals surface area (Å²) in [5.41, 5.74) is 0.489. The Balaban J connectivity index is 0.000000202. The van der Waals surface area contributed by atoms with Gasteiger partial charge in [0.1, 0.15) is 0 Å². The Morgan fingerprint density at radius 1 is 0.964 bits per heavy atom. The number of carbonyl (C=O) groups excluding carboxylic acids is 1. The molecule has 3 aromatic carbocycles. The molecule has 3 aromatic rings. The molecule has 0 aliphatic rings. The Labute approximate surface area is 163 Å². The molecule has 9 heteroatoms. The number of rotatable bonds is 4. The summed E-state index contributed by atoms with van der Waals surface area (Å²) >= 11 is -4.92. The van der Waals surface area contributed by atoms with Gasteiger partial charge in [0, 0.05) is 0 Å². The molecular weight excluding hydrogens is 429 g/mol. The summed E-state index contributed by atoms with van der Waals surface area (Å²) in [4.78, 5) is 21.4. The van der Waals surface area contributed by atoms with Gasteiger partial charge in [0.15, 0.2) is 0 Å². The van der Waals surface area contributed by atoms with Crippen LogP contribution in [0.25, 0.3) is 10.8 Å². The second-order valence-corrected chi connectivity index (χ2v) is 9.20. The molecule has 1 amide bonds. The number of anilines is 1. The van der Waals surface area contributed by atoms with Crippen molar-refractivity contribution >= 4 is 46.9 Å². The minimum Gasteiger partial charge on any atom is -0.478 e. The van der Waals surface area contributed by atoms with Gasteiger partial charge >= 0.3 is 94.4 Å². The van der Waals surface area contributed by atoms with Crippen molar-refractivity contribution < 1.29 is 31.7 Å². The molecule has 1 unspecified atom stereocenters. The maximum atomic E-state index is 11.4. The SMILES string of the molecule is CC(=O)Nc1ccccc1[As](=O)(O)OO.O=C(O)c1ccc2ccccc2c1. The van der Waals surface area contributed by atoms with Gasteiger partial charge in [-0.05, 0) is 22.9 Å². The number of amides is 1. The van der Waals surface area contributed by atoms with Gasteiger partial charge < -0.3 is 5.11 Å². The largest absolute Gasteiger partial charge is 0.478 e. The Hall–Kier alpha value is -2.90. The van der Waals surface area contributed by atoms with Crippen LogP contribution in [0.15, 0.2) is 66.7 Å². The van der Waals surface area contributed by atoms with Gasteiger partial charge in [-0.2, -0.15) is 0 Å². The third-order valence-corrected chi connectivity index (χ3v) is 6.19. The molecule has 0 radical (unpaired) electrons. The summed E-state index contributed by atoms with van der Waals surface area (Å²) in [5.74, 6) is -1.26. The van der Waals surface area contributed by atoms with Crippen molar-refractivity contribution in [3.63, 3.8) is 0 Å². The van der Waals surface area contributed by atoms with Crippen LogP contribution in [-0.4, -0.2) is 40.5 Å². The zero-order chi connectivity index (χ0) is 20.7. The molecule has 8 nitrogen and oxygen atoms in total. The molecule has 0 saturated carbocycles. The predicted octanol–water partition coefficient (Wildman–Crippen LogP) is 2.24. The average Bonchev–Trinajstić information content (AvgIpc) is 2.68. The van der Waals surface area contributed by atoms with Crippen LogP contribution in [-0.2, 0) is 12.4 Å². The van der Waals surface area contributed by atoms with Crippen molar-refractivity contribution in [1.29, 1.82) is 0 Å². The van der Waals surface area contributed by atoms with E-state index in [1.165, 1.54) is 25.1 Å². The Kier molecular flexibility index (Phi) is 7.14. The Morgan fingerprint density at radius 2 is 1.57 bits per heavy atom. The number of nitrogens with one attached hydrogen (secondary N) is 1. The molecule has 4 N–H and O–H groups in total. The molecule has 1 atom stereocenters. The fraction of sp³-hybridized carbons (Fsp3) is 0.0526. The van der Waals surface area contributed by atoms with Crippen molar-refractivity contribution in [2.75, 3.05) is 5.32 Å². The van der Waals surface area contributed by atoms with Crippen molar-refractivity contribution in [2.24, 2.45) is 0 Å². The molecule has 0 spiro atoms. The van der Waals surface area contributed by atoms with E-state index in [-0.39, 0.29) is 15.9 Å². The van der Waals surface area contributed by atoms with E-state index in [0.717, 1.165) is 10.8 Å². The van der Waals surface area contributed by atoms with Gasteiger partial charge in [-0.25, -0.2) is 4.79 Å².